The Labute approximate surface area is 184 Å². The SMILES string of the molecule is O=C(CCc1ccccc1)Nc1nc2c(nc1C1CCCCC1)-c1ccccc1CC2. The van der Waals surface area contributed by atoms with E-state index >= 15 is 0 Å². The van der Waals surface area contributed by atoms with Crippen LogP contribution in [0.4, 0.5) is 5.82 Å². The normalized spacial score (nSPS) is 15.7. The van der Waals surface area contributed by atoms with Gasteiger partial charge in [0.1, 0.15) is 0 Å². The second-order valence-corrected chi connectivity index (χ2v) is 8.78. The number of benzene rings is 2. The summed E-state index contributed by atoms with van der Waals surface area (Å²) in [5.74, 6) is 1.10. The third kappa shape index (κ3) is 4.39. The first-order valence-electron chi connectivity index (χ1n) is 11.6. The van der Waals surface area contributed by atoms with Crippen molar-refractivity contribution >= 4 is 11.7 Å². The van der Waals surface area contributed by atoms with Gasteiger partial charge >= 0.3 is 0 Å². The highest BCUT2D eigenvalue weighted by Gasteiger charge is 2.27. The number of hydrogen-bond donors (Lipinski definition) is 1. The van der Waals surface area contributed by atoms with Crippen molar-refractivity contribution in [2.75, 3.05) is 5.32 Å². The van der Waals surface area contributed by atoms with E-state index in [1.165, 1.54) is 36.0 Å². The van der Waals surface area contributed by atoms with Gasteiger partial charge in [-0.15, -0.1) is 0 Å². The Hall–Kier alpha value is -3.01. The van der Waals surface area contributed by atoms with Crippen LogP contribution in [0.2, 0.25) is 0 Å². The van der Waals surface area contributed by atoms with Gasteiger partial charge in [0, 0.05) is 17.9 Å². The second-order valence-electron chi connectivity index (χ2n) is 8.78. The van der Waals surface area contributed by atoms with Gasteiger partial charge in [0.25, 0.3) is 0 Å². The molecule has 5 rings (SSSR count). The van der Waals surface area contributed by atoms with Crippen molar-refractivity contribution in [3.8, 4) is 11.3 Å². The zero-order chi connectivity index (χ0) is 21.0. The van der Waals surface area contributed by atoms with Gasteiger partial charge in [-0.05, 0) is 43.2 Å². The lowest BCUT2D eigenvalue weighted by Gasteiger charge is -2.26. The van der Waals surface area contributed by atoms with Gasteiger partial charge in [0.05, 0.1) is 17.1 Å². The minimum atomic E-state index is 0.0198. The Bertz CT molecular complexity index is 1070. The maximum atomic E-state index is 12.8. The largest absolute Gasteiger partial charge is 0.309 e. The van der Waals surface area contributed by atoms with Crippen LogP contribution in [0, 0.1) is 0 Å². The zero-order valence-corrected chi connectivity index (χ0v) is 17.9. The van der Waals surface area contributed by atoms with Crippen LogP contribution in [0.1, 0.15) is 67.0 Å². The molecule has 4 nitrogen and oxygen atoms in total. The van der Waals surface area contributed by atoms with Crippen LogP contribution in [-0.4, -0.2) is 15.9 Å². The number of aromatic nitrogens is 2. The molecule has 1 saturated carbocycles. The van der Waals surface area contributed by atoms with E-state index in [0.29, 0.717) is 18.2 Å². The summed E-state index contributed by atoms with van der Waals surface area (Å²) in [7, 11) is 0. The Morgan fingerprint density at radius 3 is 2.52 bits per heavy atom. The first-order valence-corrected chi connectivity index (χ1v) is 11.6. The van der Waals surface area contributed by atoms with Crippen LogP contribution < -0.4 is 5.32 Å². The minimum absolute atomic E-state index is 0.0198. The van der Waals surface area contributed by atoms with Crippen molar-refractivity contribution in [3.63, 3.8) is 0 Å². The van der Waals surface area contributed by atoms with Crippen LogP contribution in [0.25, 0.3) is 11.3 Å². The number of carbonyl (C=O) groups is 1. The molecule has 2 aromatic carbocycles. The summed E-state index contributed by atoms with van der Waals surface area (Å²) in [6, 6.07) is 18.7. The van der Waals surface area contributed by atoms with Crippen molar-refractivity contribution in [3.05, 3.63) is 77.1 Å². The molecule has 1 amide bonds. The monoisotopic (exact) mass is 411 g/mol. The molecule has 0 spiro atoms. The standard InChI is InChI=1S/C27H29N3O/c31-24(18-15-19-9-3-1-4-10-19)29-27-25(21-12-5-2-6-13-21)30-26-22-14-8-7-11-20(22)16-17-23(26)28-27/h1,3-4,7-11,14,21H,2,5-6,12-13,15-18H2,(H,28,29,31). The summed E-state index contributed by atoms with van der Waals surface area (Å²) < 4.78 is 0. The third-order valence-corrected chi connectivity index (χ3v) is 6.63. The summed E-state index contributed by atoms with van der Waals surface area (Å²) in [6.07, 6.45) is 9.02. The average Bonchev–Trinajstić information content (AvgIpc) is 2.83. The van der Waals surface area contributed by atoms with E-state index in [1.54, 1.807) is 0 Å². The van der Waals surface area contributed by atoms with E-state index in [1.807, 2.05) is 18.2 Å². The summed E-state index contributed by atoms with van der Waals surface area (Å²) in [4.78, 5) is 23.0. The highest BCUT2D eigenvalue weighted by molar-refractivity contribution is 5.90. The molecule has 0 radical (unpaired) electrons. The van der Waals surface area contributed by atoms with Crippen LogP contribution >= 0.6 is 0 Å². The molecule has 3 aromatic rings. The van der Waals surface area contributed by atoms with Crippen LogP contribution in [0.15, 0.2) is 54.6 Å². The molecule has 4 heteroatoms. The van der Waals surface area contributed by atoms with Gasteiger partial charge in [-0.2, -0.15) is 0 Å². The number of aryl methyl sites for hydroxylation is 3. The molecule has 0 atom stereocenters. The number of hydrogen-bond acceptors (Lipinski definition) is 3. The number of anilines is 1. The van der Waals surface area contributed by atoms with Crippen LogP contribution in [0.5, 0.6) is 0 Å². The van der Waals surface area contributed by atoms with Crippen molar-refractivity contribution in [2.24, 2.45) is 0 Å². The second kappa shape index (κ2) is 9.01. The van der Waals surface area contributed by atoms with Gasteiger partial charge in [0.15, 0.2) is 5.82 Å². The van der Waals surface area contributed by atoms with Gasteiger partial charge in [-0.1, -0.05) is 73.9 Å². The molecule has 0 aliphatic heterocycles. The average molecular weight is 412 g/mol. The number of nitrogens with one attached hydrogen (secondary N) is 1. The lowest BCUT2D eigenvalue weighted by atomic mass is 9.85. The van der Waals surface area contributed by atoms with E-state index in [0.717, 1.165) is 49.2 Å². The lowest BCUT2D eigenvalue weighted by molar-refractivity contribution is -0.116. The fourth-order valence-corrected chi connectivity index (χ4v) is 4.95. The molecule has 1 aromatic heterocycles. The van der Waals surface area contributed by atoms with Gasteiger partial charge in [-0.25, -0.2) is 9.97 Å². The van der Waals surface area contributed by atoms with Crippen LogP contribution in [0.3, 0.4) is 0 Å². The quantitative estimate of drug-likeness (QED) is 0.572. The molecular weight excluding hydrogens is 382 g/mol. The number of carbonyl (C=O) groups excluding carboxylic acids is 1. The Morgan fingerprint density at radius 2 is 1.68 bits per heavy atom. The van der Waals surface area contributed by atoms with Gasteiger partial charge in [0.2, 0.25) is 5.91 Å². The topological polar surface area (TPSA) is 54.9 Å². The Kier molecular flexibility index (Phi) is 5.79. The van der Waals surface area contributed by atoms with E-state index < -0.39 is 0 Å². The summed E-state index contributed by atoms with van der Waals surface area (Å²) >= 11 is 0. The Balaban J connectivity index is 1.44. The summed E-state index contributed by atoms with van der Waals surface area (Å²) in [5.41, 5.74) is 6.75. The van der Waals surface area contributed by atoms with Gasteiger partial charge in [-0.3, -0.25) is 4.79 Å². The van der Waals surface area contributed by atoms with Gasteiger partial charge < -0.3 is 5.32 Å². The predicted molar refractivity (Wildman–Crippen MR) is 124 cm³/mol. The fourth-order valence-electron chi connectivity index (χ4n) is 4.95. The van der Waals surface area contributed by atoms with Crippen molar-refractivity contribution in [1.29, 1.82) is 0 Å². The molecule has 0 saturated heterocycles. The predicted octanol–water partition coefficient (Wildman–Crippen LogP) is 5.86. The minimum Gasteiger partial charge on any atom is -0.309 e. The molecule has 2 aliphatic rings. The maximum absolute atomic E-state index is 12.8. The van der Waals surface area contributed by atoms with Crippen molar-refractivity contribution in [2.45, 2.75) is 63.7 Å². The highest BCUT2D eigenvalue weighted by atomic mass is 16.1. The van der Waals surface area contributed by atoms with E-state index in [4.69, 9.17) is 9.97 Å². The molecule has 0 bridgehead atoms. The summed E-state index contributed by atoms with van der Waals surface area (Å²) in [6.45, 7) is 0. The Morgan fingerprint density at radius 1 is 0.903 bits per heavy atom. The smallest absolute Gasteiger partial charge is 0.225 e. The number of nitrogens with zero attached hydrogens (tertiary/aromatic N) is 2. The van der Waals surface area contributed by atoms with Crippen molar-refractivity contribution in [1.82, 2.24) is 9.97 Å². The molecule has 1 N–H and O–H groups in total. The summed E-state index contributed by atoms with van der Waals surface area (Å²) in [5, 5.41) is 3.14. The first-order chi connectivity index (χ1) is 15.3. The molecule has 0 unspecified atom stereocenters. The highest BCUT2D eigenvalue weighted by Crippen LogP contribution is 2.38. The molecule has 158 valence electrons. The van der Waals surface area contributed by atoms with Crippen LogP contribution in [-0.2, 0) is 24.1 Å². The fraction of sp³-hybridized carbons (Fsp3) is 0.370. The lowest BCUT2D eigenvalue weighted by Crippen LogP contribution is -2.20. The maximum Gasteiger partial charge on any atom is 0.225 e. The molecular formula is C27H29N3O. The number of rotatable bonds is 5. The molecule has 1 heterocycles. The van der Waals surface area contributed by atoms with E-state index in [2.05, 4.69) is 41.7 Å². The number of fused-ring (bicyclic) bond motifs is 3. The van der Waals surface area contributed by atoms with Crippen molar-refractivity contribution < 1.29 is 4.79 Å². The molecule has 31 heavy (non-hydrogen) atoms. The third-order valence-electron chi connectivity index (χ3n) is 6.63. The first kappa shape index (κ1) is 19.9. The molecule has 2 aliphatic carbocycles. The van der Waals surface area contributed by atoms with E-state index in [-0.39, 0.29) is 5.91 Å². The number of amides is 1. The molecule has 1 fully saturated rings. The van der Waals surface area contributed by atoms with E-state index in [9.17, 15) is 4.79 Å². The zero-order valence-electron chi connectivity index (χ0n) is 17.9.